The molecule has 0 spiro atoms. The Morgan fingerprint density at radius 3 is 2.55 bits per heavy atom. The zero-order valence-electron chi connectivity index (χ0n) is 11.9. The van der Waals surface area contributed by atoms with Gasteiger partial charge in [-0.3, -0.25) is 4.79 Å². The molecule has 2 rings (SSSR count). The molecule has 1 heterocycles. The van der Waals surface area contributed by atoms with Gasteiger partial charge >= 0.3 is 0 Å². The zero-order valence-corrected chi connectivity index (χ0v) is 12.7. The zero-order chi connectivity index (χ0) is 14.9. The third-order valence-electron chi connectivity index (χ3n) is 3.36. The van der Waals surface area contributed by atoms with Crippen molar-refractivity contribution in [3.8, 4) is 0 Å². The Morgan fingerprint density at radius 2 is 2.05 bits per heavy atom. The molecule has 0 saturated carbocycles. The summed E-state index contributed by atoms with van der Waals surface area (Å²) in [6.45, 7) is 5.51. The maximum Gasteiger partial charge on any atom is 0.186 e. The monoisotopic (exact) mass is 294 g/mol. The van der Waals surface area contributed by atoms with Crippen LogP contribution in [0.3, 0.4) is 0 Å². The van der Waals surface area contributed by atoms with Crippen LogP contribution in [-0.2, 0) is 23.9 Å². The van der Waals surface area contributed by atoms with Crippen LogP contribution in [0.2, 0.25) is 0 Å². The molecule has 1 unspecified atom stereocenters. The van der Waals surface area contributed by atoms with Crippen molar-refractivity contribution in [3.63, 3.8) is 0 Å². The molecule has 1 atom stereocenters. The van der Waals surface area contributed by atoms with Crippen LogP contribution in [0.15, 0.2) is 21.4 Å². The summed E-state index contributed by atoms with van der Waals surface area (Å²) in [4.78, 5) is 12.0. The van der Waals surface area contributed by atoms with Crippen molar-refractivity contribution in [1.82, 2.24) is 0 Å². The number of aryl methyl sites for hydroxylation is 2. The highest BCUT2D eigenvalue weighted by Gasteiger charge is 2.19. The summed E-state index contributed by atoms with van der Waals surface area (Å²) < 4.78 is 26.5. The second-order valence-electron chi connectivity index (χ2n) is 4.76. The summed E-state index contributed by atoms with van der Waals surface area (Å²) in [6.07, 6.45) is 2.51. The molecule has 5 heteroatoms. The van der Waals surface area contributed by atoms with Gasteiger partial charge in [-0.15, -0.1) is 0 Å². The fourth-order valence-corrected chi connectivity index (χ4v) is 2.89. The van der Waals surface area contributed by atoms with E-state index >= 15 is 0 Å². The van der Waals surface area contributed by atoms with Gasteiger partial charge < -0.3 is 8.97 Å². The molecular weight excluding hydrogens is 276 g/mol. The van der Waals surface area contributed by atoms with E-state index < -0.39 is 11.1 Å². The van der Waals surface area contributed by atoms with Gasteiger partial charge in [0.2, 0.25) is 0 Å². The minimum Gasteiger partial charge on any atom is -0.460 e. The number of carbonyl (C=O) groups excluding carboxylic acids is 1. The van der Waals surface area contributed by atoms with E-state index in [0.29, 0.717) is 11.1 Å². The normalized spacial score (nSPS) is 12.8. The highest BCUT2D eigenvalue weighted by molar-refractivity contribution is 7.79. The van der Waals surface area contributed by atoms with Crippen LogP contribution in [0.1, 0.15) is 48.9 Å². The van der Waals surface area contributed by atoms with Crippen LogP contribution >= 0.6 is 0 Å². The largest absolute Gasteiger partial charge is 0.460 e. The summed E-state index contributed by atoms with van der Waals surface area (Å²) in [6, 6.07) is 3.10. The lowest BCUT2D eigenvalue weighted by Gasteiger charge is -2.02. The lowest BCUT2D eigenvalue weighted by molar-refractivity contribution is 0.101. The van der Waals surface area contributed by atoms with Crippen molar-refractivity contribution < 1.29 is 18.0 Å². The second-order valence-corrected chi connectivity index (χ2v) is 5.73. The standard InChI is InChI=1S/C15H18O4S/c1-4-6-14-11(5-2)13-8-10(20(17)18)7-12(9(3)16)15(13)19-14/h7-8H,4-6H2,1-3H3,(H,17,18). The number of Topliss-reactive ketones (excluding diaryl/α,β-unsaturated/α-hetero) is 1. The third-order valence-corrected chi connectivity index (χ3v) is 4.00. The van der Waals surface area contributed by atoms with Gasteiger partial charge in [0.15, 0.2) is 16.9 Å². The van der Waals surface area contributed by atoms with Crippen LogP contribution in [0, 0.1) is 0 Å². The second kappa shape index (κ2) is 5.89. The van der Waals surface area contributed by atoms with E-state index in [1.165, 1.54) is 13.0 Å². The molecule has 0 aliphatic rings. The molecular formula is C15H18O4S. The molecule has 0 aliphatic carbocycles. The molecule has 0 aliphatic heterocycles. The van der Waals surface area contributed by atoms with E-state index in [4.69, 9.17) is 4.42 Å². The number of carbonyl (C=O) groups is 1. The number of fused-ring (bicyclic) bond motifs is 1. The highest BCUT2D eigenvalue weighted by atomic mass is 32.2. The average molecular weight is 294 g/mol. The van der Waals surface area contributed by atoms with Crippen molar-refractivity contribution in [3.05, 3.63) is 29.0 Å². The number of benzene rings is 1. The Balaban J connectivity index is 2.82. The van der Waals surface area contributed by atoms with E-state index in [-0.39, 0.29) is 10.7 Å². The lowest BCUT2D eigenvalue weighted by atomic mass is 10.0. The maximum atomic E-state index is 11.8. The Hall–Kier alpha value is -1.46. The first-order chi connectivity index (χ1) is 9.49. The van der Waals surface area contributed by atoms with Crippen molar-refractivity contribution in [1.29, 1.82) is 0 Å². The first-order valence-electron chi connectivity index (χ1n) is 6.69. The molecule has 1 aromatic carbocycles. The molecule has 108 valence electrons. The molecule has 0 amide bonds. The van der Waals surface area contributed by atoms with Crippen molar-refractivity contribution in [2.45, 2.75) is 44.9 Å². The average Bonchev–Trinajstić information content (AvgIpc) is 2.74. The number of furan rings is 1. The minimum absolute atomic E-state index is 0.165. The molecule has 4 nitrogen and oxygen atoms in total. The number of ketones is 1. The van der Waals surface area contributed by atoms with Gasteiger partial charge in [-0.2, -0.15) is 0 Å². The Kier molecular flexibility index (Phi) is 4.40. The van der Waals surface area contributed by atoms with Gasteiger partial charge in [0.25, 0.3) is 0 Å². The molecule has 20 heavy (non-hydrogen) atoms. The molecule has 1 aromatic heterocycles. The topological polar surface area (TPSA) is 67.5 Å². The summed E-state index contributed by atoms with van der Waals surface area (Å²) >= 11 is -2.11. The fraction of sp³-hybridized carbons (Fsp3) is 0.400. The molecule has 0 saturated heterocycles. The number of rotatable bonds is 5. The summed E-state index contributed by atoms with van der Waals surface area (Å²) in [5.41, 5.74) is 1.93. The van der Waals surface area contributed by atoms with Gasteiger partial charge in [0.1, 0.15) is 11.3 Å². The first-order valence-corrected chi connectivity index (χ1v) is 7.80. The van der Waals surface area contributed by atoms with Gasteiger partial charge in [-0.05, 0) is 31.9 Å². The minimum atomic E-state index is -2.11. The summed E-state index contributed by atoms with van der Waals surface area (Å²) in [7, 11) is 0. The Morgan fingerprint density at radius 1 is 1.35 bits per heavy atom. The summed E-state index contributed by atoms with van der Waals surface area (Å²) in [5, 5.41) is 0.779. The van der Waals surface area contributed by atoms with E-state index in [1.54, 1.807) is 6.07 Å². The van der Waals surface area contributed by atoms with Crippen LogP contribution in [0.4, 0.5) is 0 Å². The van der Waals surface area contributed by atoms with E-state index in [0.717, 1.165) is 36.0 Å². The van der Waals surface area contributed by atoms with E-state index in [1.807, 2.05) is 6.92 Å². The van der Waals surface area contributed by atoms with Crippen LogP contribution < -0.4 is 0 Å². The maximum absolute atomic E-state index is 11.8. The quantitative estimate of drug-likeness (QED) is 0.674. The van der Waals surface area contributed by atoms with Crippen LogP contribution in [0.25, 0.3) is 11.0 Å². The summed E-state index contributed by atoms with van der Waals surface area (Å²) in [5.74, 6) is 0.704. The predicted molar refractivity (Wildman–Crippen MR) is 78.6 cm³/mol. The molecule has 2 aromatic rings. The lowest BCUT2D eigenvalue weighted by Crippen LogP contribution is -1.97. The molecule has 0 radical (unpaired) electrons. The smallest absolute Gasteiger partial charge is 0.186 e. The van der Waals surface area contributed by atoms with Gasteiger partial charge in [0, 0.05) is 17.4 Å². The molecule has 0 bridgehead atoms. The number of hydrogen-bond acceptors (Lipinski definition) is 3. The SMILES string of the molecule is CCCc1oc2c(C(C)=O)cc(S(=O)O)cc2c1CC. The van der Waals surface area contributed by atoms with Crippen molar-refractivity contribution in [2.24, 2.45) is 0 Å². The highest BCUT2D eigenvalue weighted by Crippen LogP contribution is 2.32. The van der Waals surface area contributed by atoms with Crippen LogP contribution in [-0.4, -0.2) is 14.5 Å². The Bertz CT molecular complexity index is 685. The Labute approximate surface area is 120 Å². The molecule has 1 N–H and O–H groups in total. The predicted octanol–water partition coefficient (Wildman–Crippen LogP) is 3.73. The molecule has 0 fully saturated rings. The first kappa shape index (κ1) is 14.9. The van der Waals surface area contributed by atoms with Gasteiger partial charge in [0.05, 0.1) is 10.5 Å². The van der Waals surface area contributed by atoms with Gasteiger partial charge in [-0.1, -0.05) is 13.8 Å². The van der Waals surface area contributed by atoms with Crippen molar-refractivity contribution >= 4 is 27.8 Å². The van der Waals surface area contributed by atoms with E-state index in [9.17, 15) is 13.6 Å². The number of hydrogen-bond donors (Lipinski definition) is 1. The van der Waals surface area contributed by atoms with Crippen LogP contribution in [0.5, 0.6) is 0 Å². The van der Waals surface area contributed by atoms with Crippen molar-refractivity contribution in [2.75, 3.05) is 0 Å². The van der Waals surface area contributed by atoms with E-state index in [2.05, 4.69) is 6.92 Å². The van der Waals surface area contributed by atoms with Gasteiger partial charge in [-0.25, -0.2) is 4.21 Å². The fourth-order valence-electron chi connectivity index (χ4n) is 2.45. The third kappa shape index (κ3) is 2.55.